The van der Waals surface area contributed by atoms with Crippen molar-refractivity contribution in [1.82, 2.24) is 4.90 Å². The molecule has 3 atom stereocenters. The van der Waals surface area contributed by atoms with Gasteiger partial charge in [0.15, 0.2) is 0 Å². The first kappa shape index (κ1) is 12.0. The van der Waals surface area contributed by atoms with Crippen LogP contribution < -0.4 is 0 Å². The van der Waals surface area contributed by atoms with Gasteiger partial charge in [0, 0.05) is 19.0 Å². The summed E-state index contributed by atoms with van der Waals surface area (Å²) < 4.78 is 0. The Morgan fingerprint density at radius 1 is 1.28 bits per heavy atom. The van der Waals surface area contributed by atoms with Crippen molar-refractivity contribution in [2.45, 2.75) is 44.6 Å². The SMILES string of the molecule is N#CC1(C(=O)N2CC3CCC(O)C3C2)CCCC1. The highest BCUT2D eigenvalue weighted by molar-refractivity contribution is 5.86. The van der Waals surface area contributed by atoms with Gasteiger partial charge < -0.3 is 10.0 Å². The van der Waals surface area contributed by atoms with Crippen molar-refractivity contribution >= 4 is 5.91 Å². The monoisotopic (exact) mass is 248 g/mol. The molecule has 4 nitrogen and oxygen atoms in total. The average Bonchev–Trinajstić information content (AvgIpc) is 3.06. The number of rotatable bonds is 1. The Labute approximate surface area is 108 Å². The predicted molar refractivity (Wildman–Crippen MR) is 65.3 cm³/mol. The summed E-state index contributed by atoms with van der Waals surface area (Å²) in [5.41, 5.74) is -0.746. The molecule has 18 heavy (non-hydrogen) atoms. The molecule has 1 N–H and O–H groups in total. The van der Waals surface area contributed by atoms with Crippen LogP contribution in [0.5, 0.6) is 0 Å². The molecule has 3 unspecified atom stereocenters. The molecule has 1 aliphatic heterocycles. The molecule has 1 amide bonds. The Morgan fingerprint density at radius 3 is 2.61 bits per heavy atom. The van der Waals surface area contributed by atoms with Crippen molar-refractivity contribution in [3.8, 4) is 6.07 Å². The van der Waals surface area contributed by atoms with Gasteiger partial charge in [-0.05, 0) is 31.6 Å². The van der Waals surface area contributed by atoms with E-state index in [-0.39, 0.29) is 17.9 Å². The van der Waals surface area contributed by atoms with Gasteiger partial charge in [-0.15, -0.1) is 0 Å². The number of hydrogen-bond donors (Lipinski definition) is 1. The average molecular weight is 248 g/mol. The first-order chi connectivity index (χ1) is 8.66. The van der Waals surface area contributed by atoms with E-state index in [2.05, 4.69) is 6.07 Å². The largest absolute Gasteiger partial charge is 0.393 e. The number of aliphatic hydroxyl groups is 1. The molecule has 2 saturated carbocycles. The maximum absolute atomic E-state index is 12.6. The van der Waals surface area contributed by atoms with E-state index in [0.29, 0.717) is 12.5 Å². The smallest absolute Gasteiger partial charge is 0.243 e. The molecule has 0 bridgehead atoms. The van der Waals surface area contributed by atoms with Crippen LogP contribution in [0, 0.1) is 28.6 Å². The van der Waals surface area contributed by atoms with Gasteiger partial charge in [0.2, 0.25) is 5.91 Å². The minimum Gasteiger partial charge on any atom is -0.393 e. The number of carbonyl (C=O) groups excluding carboxylic acids is 1. The second-order valence-corrected chi connectivity index (χ2v) is 6.18. The van der Waals surface area contributed by atoms with Crippen LogP contribution in [-0.2, 0) is 4.79 Å². The zero-order valence-electron chi connectivity index (χ0n) is 10.6. The molecular weight excluding hydrogens is 228 g/mol. The van der Waals surface area contributed by atoms with Crippen molar-refractivity contribution in [3.05, 3.63) is 0 Å². The summed E-state index contributed by atoms with van der Waals surface area (Å²) in [6, 6.07) is 2.28. The highest BCUT2D eigenvalue weighted by Gasteiger charge is 2.49. The lowest BCUT2D eigenvalue weighted by Gasteiger charge is -2.27. The summed E-state index contributed by atoms with van der Waals surface area (Å²) in [5.74, 6) is 0.747. The van der Waals surface area contributed by atoms with E-state index in [1.807, 2.05) is 4.90 Å². The molecule has 3 rings (SSSR count). The Balaban J connectivity index is 1.73. The van der Waals surface area contributed by atoms with E-state index in [9.17, 15) is 15.2 Å². The van der Waals surface area contributed by atoms with Crippen LogP contribution in [0.15, 0.2) is 0 Å². The van der Waals surface area contributed by atoms with Crippen LogP contribution >= 0.6 is 0 Å². The van der Waals surface area contributed by atoms with Crippen LogP contribution in [0.25, 0.3) is 0 Å². The van der Waals surface area contributed by atoms with Gasteiger partial charge in [-0.1, -0.05) is 12.8 Å². The molecular formula is C14H20N2O2. The summed E-state index contributed by atoms with van der Waals surface area (Å²) >= 11 is 0. The van der Waals surface area contributed by atoms with E-state index in [4.69, 9.17) is 0 Å². The Hall–Kier alpha value is -1.08. The molecule has 0 aromatic rings. The number of hydrogen-bond acceptors (Lipinski definition) is 3. The molecule has 98 valence electrons. The Morgan fingerprint density at radius 2 is 2.00 bits per heavy atom. The van der Waals surface area contributed by atoms with Gasteiger partial charge >= 0.3 is 0 Å². The molecule has 1 saturated heterocycles. The zero-order chi connectivity index (χ0) is 12.8. The van der Waals surface area contributed by atoms with E-state index >= 15 is 0 Å². The van der Waals surface area contributed by atoms with Crippen LogP contribution in [0.1, 0.15) is 38.5 Å². The fraction of sp³-hybridized carbons (Fsp3) is 0.857. The minimum atomic E-state index is -0.746. The molecule has 3 aliphatic rings. The third kappa shape index (κ3) is 1.65. The third-order valence-corrected chi connectivity index (χ3v) is 5.19. The molecule has 0 aromatic heterocycles. The summed E-state index contributed by atoms with van der Waals surface area (Å²) in [4.78, 5) is 14.4. The molecule has 3 fully saturated rings. The minimum absolute atomic E-state index is 0.0316. The molecule has 1 heterocycles. The molecule has 0 radical (unpaired) electrons. The summed E-state index contributed by atoms with van der Waals surface area (Å²) in [6.07, 6.45) is 5.07. The fourth-order valence-corrected chi connectivity index (χ4v) is 4.06. The van der Waals surface area contributed by atoms with Crippen LogP contribution in [0.4, 0.5) is 0 Å². The van der Waals surface area contributed by atoms with Crippen molar-refractivity contribution in [2.24, 2.45) is 17.3 Å². The highest BCUT2D eigenvalue weighted by atomic mass is 16.3. The zero-order valence-corrected chi connectivity index (χ0v) is 10.6. The Kier molecular flexibility index (Phi) is 2.82. The van der Waals surface area contributed by atoms with Crippen molar-refractivity contribution in [2.75, 3.05) is 13.1 Å². The lowest BCUT2D eigenvalue weighted by atomic mass is 9.86. The number of aliphatic hydroxyl groups excluding tert-OH is 1. The van der Waals surface area contributed by atoms with E-state index in [1.165, 1.54) is 0 Å². The van der Waals surface area contributed by atoms with Crippen LogP contribution in [-0.4, -0.2) is 35.1 Å². The lowest BCUT2D eigenvalue weighted by molar-refractivity contribution is -0.138. The van der Waals surface area contributed by atoms with Gasteiger partial charge in [0.05, 0.1) is 12.2 Å². The summed E-state index contributed by atoms with van der Waals surface area (Å²) in [5, 5.41) is 19.2. The summed E-state index contributed by atoms with van der Waals surface area (Å²) in [6.45, 7) is 1.41. The molecule has 0 aromatic carbocycles. The maximum atomic E-state index is 12.6. The van der Waals surface area contributed by atoms with Crippen molar-refractivity contribution < 1.29 is 9.90 Å². The lowest BCUT2D eigenvalue weighted by Crippen LogP contribution is -2.41. The van der Waals surface area contributed by atoms with Gasteiger partial charge in [-0.3, -0.25) is 4.79 Å². The standard InChI is InChI=1S/C14H20N2O2/c15-9-14(5-1-2-6-14)13(18)16-7-10-3-4-12(17)11(10)8-16/h10-12,17H,1-8H2. The van der Waals surface area contributed by atoms with E-state index in [0.717, 1.165) is 45.1 Å². The highest BCUT2D eigenvalue weighted by Crippen LogP contribution is 2.43. The molecule has 2 aliphatic carbocycles. The van der Waals surface area contributed by atoms with Gasteiger partial charge in [-0.2, -0.15) is 5.26 Å². The van der Waals surface area contributed by atoms with Gasteiger partial charge in [0.1, 0.15) is 5.41 Å². The second-order valence-electron chi connectivity index (χ2n) is 6.18. The number of likely N-dealkylation sites (tertiary alicyclic amines) is 1. The van der Waals surface area contributed by atoms with E-state index in [1.54, 1.807) is 0 Å². The quantitative estimate of drug-likeness (QED) is 0.760. The normalized spacial score (nSPS) is 37.6. The van der Waals surface area contributed by atoms with E-state index < -0.39 is 5.41 Å². The number of nitrogens with zero attached hydrogens (tertiary/aromatic N) is 2. The maximum Gasteiger partial charge on any atom is 0.243 e. The number of amides is 1. The van der Waals surface area contributed by atoms with Crippen molar-refractivity contribution in [3.63, 3.8) is 0 Å². The predicted octanol–water partition coefficient (Wildman–Crippen LogP) is 1.30. The number of nitriles is 1. The topological polar surface area (TPSA) is 64.3 Å². The summed E-state index contributed by atoms with van der Waals surface area (Å²) in [7, 11) is 0. The third-order valence-electron chi connectivity index (χ3n) is 5.19. The number of fused-ring (bicyclic) bond motifs is 1. The van der Waals surface area contributed by atoms with Crippen LogP contribution in [0.3, 0.4) is 0 Å². The first-order valence-corrected chi connectivity index (χ1v) is 7.05. The van der Waals surface area contributed by atoms with Gasteiger partial charge in [-0.25, -0.2) is 0 Å². The van der Waals surface area contributed by atoms with Crippen LogP contribution in [0.2, 0.25) is 0 Å². The Bertz CT molecular complexity index is 395. The molecule has 4 heteroatoms. The molecule has 0 spiro atoms. The van der Waals surface area contributed by atoms with Gasteiger partial charge in [0.25, 0.3) is 0 Å². The second kappa shape index (κ2) is 4.24. The number of carbonyl (C=O) groups is 1. The van der Waals surface area contributed by atoms with Crippen molar-refractivity contribution in [1.29, 1.82) is 5.26 Å². The fourth-order valence-electron chi connectivity index (χ4n) is 4.06. The first-order valence-electron chi connectivity index (χ1n) is 7.05.